The zero-order valence-electron chi connectivity index (χ0n) is 8.59. The standard InChI is InChI=1S/C11H18N2/c1-11(2,3)13-10-7-5-4-6-9(10)8-12/h4-7,13H,8,12H2,1-3H3. The van der Waals surface area contributed by atoms with Gasteiger partial charge in [-0.2, -0.15) is 0 Å². The van der Waals surface area contributed by atoms with E-state index in [-0.39, 0.29) is 5.54 Å². The zero-order valence-corrected chi connectivity index (χ0v) is 8.59. The van der Waals surface area contributed by atoms with Gasteiger partial charge in [-0.05, 0) is 32.4 Å². The summed E-state index contributed by atoms with van der Waals surface area (Å²) in [6, 6.07) is 8.14. The Morgan fingerprint density at radius 1 is 1.23 bits per heavy atom. The number of para-hydroxylation sites is 1. The van der Waals surface area contributed by atoms with Crippen LogP contribution in [0.3, 0.4) is 0 Å². The van der Waals surface area contributed by atoms with Gasteiger partial charge in [-0.1, -0.05) is 18.2 Å². The number of rotatable bonds is 2. The zero-order chi connectivity index (χ0) is 9.90. The fourth-order valence-corrected chi connectivity index (χ4v) is 1.22. The lowest BCUT2D eigenvalue weighted by Gasteiger charge is -2.23. The lowest BCUT2D eigenvalue weighted by atomic mass is 10.1. The Morgan fingerprint density at radius 3 is 2.38 bits per heavy atom. The summed E-state index contributed by atoms with van der Waals surface area (Å²) in [5.41, 5.74) is 8.02. The highest BCUT2D eigenvalue weighted by atomic mass is 15.0. The number of benzene rings is 1. The second-order valence-corrected chi connectivity index (χ2v) is 4.24. The minimum absolute atomic E-state index is 0.0886. The number of hydrogen-bond acceptors (Lipinski definition) is 2. The third kappa shape index (κ3) is 3.07. The van der Waals surface area contributed by atoms with Crippen LogP contribution in [0.1, 0.15) is 26.3 Å². The van der Waals surface area contributed by atoms with Crippen molar-refractivity contribution in [2.45, 2.75) is 32.9 Å². The highest BCUT2D eigenvalue weighted by Crippen LogP contribution is 2.18. The molecule has 1 aromatic carbocycles. The summed E-state index contributed by atoms with van der Waals surface area (Å²) in [5.74, 6) is 0. The molecule has 0 radical (unpaired) electrons. The third-order valence-corrected chi connectivity index (χ3v) is 1.75. The van der Waals surface area contributed by atoms with Gasteiger partial charge in [0.05, 0.1) is 0 Å². The highest BCUT2D eigenvalue weighted by molar-refractivity contribution is 5.52. The topological polar surface area (TPSA) is 38.0 Å². The van der Waals surface area contributed by atoms with Gasteiger partial charge < -0.3 is 11.1 Å². The Bertz CT molecular complexity index is 274. The fraction of sp³-hybridized carbons (Fsp3) is 0.455. The SMILES string of the molecule is CC(C)(C)Nc1ccccc1CN. The van der Waals surface area contributed by atoms with E-state index < -0.39 is 0 Å². The minimum atomic E-state index is 0.0886. The molecule has 0 bridgehead atoms. The quantitative estimate of drug-likeness (QED) is 0.729. The Hall–Kier alpha value is -1.02. The second-order valence-electron chi connectivity index (χ2n) is 4.24. The van der Waals surface area contributed by atoms with E-state index in [1.807, 2.05) is 18.2 Å². The first-order chi connectivity index (χ1) is 6.03. The van der Waals surface area contributed by atoms with Gasteiger partial charge in [-0.15, -0.1) is 0 Å². The van der Waals surface area contributed by atoms with E-state index in [9.17, 15) is 0 Å². The van der Waals surface area contributed by atoms with E-state index in [4.69, 9.17) is 5.73 Å². The molecule has 0 aromatic heterocycles. The molecule has 0 unspecified atom stereocenters. The molecule has 0 saturated heterocycles. The van der Waals surface area contributed by atoms with E-state index in [1.54, 1.807) is 0 Å². The molecule has 0 aliphatic carbocycles. The van der Waals surface area contributed by atoms with Gasteiger partial charge in [0, 0.05) is 17.8 Å². The molecule has 0 aliphatic rings. The normalized spacial score (nSPS) is 11.4. The van der Waals surface area contributed by atoms with Crippen molar-refractivity contribution in [3.8, 4) is 0 Å². The summed E-state index contributed by atoms with van der Waals surface area (Å²) in [6.45, 7) is 7.00. The second kappa shape index (κ2) is 3.79. The van der Waals surface area contributed by atoms with Gasteiger partial charge in [0.1, 0.15) is 0 Å². The van der Waals surface area contributed by atoms with E-state index >= 15 is 0 Å². The van der Waals surface area contributed by atoms with Crippen LogP contribution in [0.4, 0.5) is 5.69 Å². The smallest absolute Gasteiger partial charge is 0.0389 e. The first-order valence-electron chi connectivity index (χ1n) is 4.59. The van der Waals surface area contributed by atoms with Crippen molar-refractivity contribution in [1.82, 2.24) is 0 Å². The van der Waals surface area contributed by atoms with Crippen molar-refractivity contribution in [2.24, 2.45) is 5.73 Å². The van der Waals surface area contributed by atoms with E-state index in [1.165, 1.54) is 0 Å². The molecule has 0 aliphatic heterocycles. The van der Waals surface area contributed by atoms with Crippen LogP contribution in [0.5, 0.6) is 0 Å². The van der Waals surface area contributed by atoms with Gasteiger partial charge >= 0.3 is 0 Å². The maximum absolute atomic E-state index is 5.63. The van der Waals surface area contributed by atoms with Crippen LogP contribution in [0, 0.1) is 0 Å². The lowest BCUT2D eigenvalue weighted by molar-refractivity contribution is 0.632. The van der Waals surface area contributed by atoms with Crippen molar-refractivity contribution in [3.63, 3.8) is 0 Å². The molecule has 0 fully saturated rings. The van der Waals surface area contributed by atoms with Crippen molar-refractivity contribution in [1.29, 1.82) is 0 Å². The Kier molecular flexibility index (Phi) is 2.94. The third-order valence-electron chi connectivity index (χ3n) is 1.75. The molecule has 0 saturated carbocycles. The Labute approximate surface area is 80.1 Å². The average molecular weight is 178 g/mol. The predicted molar refractivity (Wildman–Crippen MR) is 57.7 cm³/mol. The summed E-state index contributed by atoms with van der Waals surface area (Å²) >= 11 is 0. The number of anilines is 1. The van der Waals surface area contributed by atoms with E-state index in [0.717, 1.165) is 11.3 Å². The Morgan fingerprint density at radius 2 is 1.85 bits per heavy atom. The molecule has 0 atom stereocenters. The first-order valence-corrected chi connectivity index (χ1v) is 4.59. The summed E-state index contributed by atoms with van der Waals surface area (Å²) in [4.78, 5) is 0. The summed E-state index contributed by atoms with van der Waals surface area (Å²) in [7, 11) is 0. The molecular formula is C11H18N2. The van der Waals surface area contributed by atoms with Crippen LogP contribution in [-0.4, -0.2) is 5.54 Å². The van der Waals surface area contributed by atoms with Gasteiger partial charge in [-0.3, -0.25) is 0 Å². The van der Waals surface area contributed by atoms with Crippen molar-refractivity contribution < 1.29 is 0 Å². The highest BCUT2D eigenvalue weighted by Gasteiger charge is 2.10. The number of nitrogens with one attached hydrogen (secondary N) is 1. The first kappa shape index (κ1) is 10.1. The average Bonchev–Trinajstić information content (AvgIpc) is 2.02. The Balaban J connectivity index is 2.87. The van der Waals surface area contributed by atoms with Crippen LogP contribution in [0.25, 0.3) is 0 Å². The maximum Gasteiger partial charge on any atom is 0.0389 e. The molecule has 72 valence electrons. The molecule has 0 heterocycles. The van der Waals surface area contributed by atoms with E-state index in [2.05, 4.69) is 32.2 Å². The van der Waals surface area contributed by atoms with Crippen LogP contribution >= 0.6 is 0 Å². The van der Waals surface area contributed by atoms with Gasteiger partial charge in [0.2, 0.25) is 0 Å². The van der Waals surface area contributed by atoms with Crippen molar-refractivity contribution in [3.05, 3.63) is 29.8 Å². The van der Waals surface area contributed by atoms with Crippen LogP contribution in [0.15, 0.2) is 24.3 Å². The van der Waals surface area contributed by atoms with Crippen molar-refractivity contribution >= 4 is 5.69 Å². The van der Waals surface area contributed by atoms with E-state index in [0.29, 0.717) is 6.54 Å². The predicted octanol–water partition coefficient (Wildman–Crippen LogP) is 2.36. The fourth-order valence-electron chi connectivity index (χ4n) is 1.22. The number of nitrogens with two attached hydrogens (primary N) is 1. The molecule has 2 heteroatoms. The van der Waals surface area contributed by atoms with Crippen LogP contribution in [-0.2, 0) is 6.54 Å². The molecule has 1 aromatic rings. The molecule has 0 spiro atoms. The van der Waals surface area contributed by atoms with Gasteiger partial charge in [-0.25, -0.2) is 0 Å². The largest absolute Gasteiger partial charge is 0.380 e. The monoisotopic (exact) mass is 178 g/mol. The lowest BCUT2D eigenvalue weighted by Crippen LogP contribution is -2.27. The molecular weight excluding hydrogens is 160 g/mol. The molecule has 13 heavy (non-hydrogen) atoms. The van der Waals surface area contributed by atoms with Gasteiger partial charge in [0.25, 0.3) is 0 Å². The molecule has 1 rings (SSSR count). The van der Waals surface area contributed by atoms with Crippen molar-refractivity contribution in [2.75, 3.05) is 5.32 Å². The summed E-state index contributed by atoms with van der Waals surface area (Å²) < 4.78 is 0. The minimum Gasteiger partial charge on any atom is -0.380 e. The maximum atomic E-state index is 5.63. The van der Waals surface area contributed by atoms with Gasteiger partial charge in [0.15, 0.2) is 0 Å². The summed E-state index contributed by atoms with van der Waals surface area (Å²) in [5, 5.41) is 3.42. The summed E-state index contributed by atoms with van der Waals surface area (Å²) in [6.07, 6.45) is 0. The van der Waals surface area contributed by atoms with Crippen LogP contribution in [0.2, 0.25) is 0 Å². The molecule has 2 nitrogen and oxygen atoms in total. The molecule has 3 N–H and O–H groups in total. The number of hydrogen-bond donors (Lipinski definition) is 2. The van der Waals surface area contributed by atoms with Crippen LogP contribution < -0.4 is 11.1 Å². The molecule has 0 amide bonds.